The van der Waals surface area contributed by atoms with Crippen molar-refractivity contribution < 1.29 is 9.53 Å². The number of ether oxygens (including phenoxy) is 1. The number of nitrogens with one attached hydrogen (secondary N) is 2. The Morgan fingerprint density at radius 3 is 2.85 bits per heavy atom. The van der Waals surface area contributed by atoms with Gasteiger partial charge in [-0.05, 0) is 38.5 Å². The molecule has 1 aromatic carbocycles. The van der Waals surface area contributed by atoms with Crippen LogP contribution in [0.1, 0.15) is 25.2 Å². The maximum absolute atomic E-state index is 12.2. The zero-order valence-corrected chi connectivity index (χ0v) is 17.2. The Bertz CT molecular complexity index is 894. The van der Waals surface area contributed by atoms with Crippen LogP contribution in [0.5, 0.6) is 5.75 Å². The van der Waals surface area contributed by atoms with Crippen molar-refractivity contribution >= 4 is 56.8 Å². The highest BCUT2D eigenvalue weighted by Crippen LogP contribution is 2.29. The average Bonchev–Trinajstić information content (AvgIpc) is 3.15. The Kier molecular flexibility index (Phi) is 7.31. The average molecular weight is 413 g/mol. The van der Waals surface area contributed by atoms with Crippen LogP contribution >= 0.6 is 35.5 Å². The number of carbonyl (C=O) groups excluding carboxylic acids is 1. The number of aromatic nitrogens is 3. The highest BCUT2D eigenvalue weighted by atomic mass is 35.5. The number of halogens is 1. The number of benzene rings is 1. The van der Waals surface area contributed by atoms with Crippen molar-refractivity contribution in [1.29, 1.82) is 0 Å². The Hall–Kier alpha value is -1.77. The zero-order chi connectivity index (χ0) is 17.8. The van der Waals surface area contributed by atoms with Crippen LogP contribution in [-0.2, 0) is 11.2 Å². The molecule has 0 aliphatic heterocycles. The van der Waals surface area contributed by atoms with Gasteiger partial charge in [-0.2, -0.15) is 0 Å². The van der Waals surface area contributed by atoms with Crippen molar-refractivity contribution in [2.45, 2.75) is 32.3 Å². The Labute approximate surface area is 166 Å². The van der Waals surface area contributed by atoms with Gasteiger partial charge in [-0.1, -0.05) is 30.0 Å². The minimum atomic E-state index is -0.0961. The number of rotatable bonds is 7. The molecule has 0 fully saturated rings. The molecule has 9 heteroatoms. The maximum Gasteiger partial charge on any atom is 0.236 e. The van der Waals surface area contributed by atoms with Gasteiger partial charge in [-0.3, -0.25) is 4.79 Å². The zero-order valence-electron chi connectivity index (χ0n) is 14.8. The third-order valence-corrected chi connectivity index (χ3v) is 5.36. The number of amides is 1. The van der Waals surface area contributed by atoms with E-state index in [-0.39, 0.29) is 24.1 Å². The maximum atomic E-state index is 12.2. The largest absolute Gasteiger partial charge is 0.494 e. The van der Waals surface area contributed by atoms with Crippen molar-refractivity contribution in [3.05, 3.63) is 29.6 Å². The summed E-state index contributed by atoms with van der Waals surface area (Å²) in [5.74, 6) is 1.00. The topological polar surface area (TPSA) is 79.9 Å². The Balaban J connectivity index is 0.00000243. The number of anilines is 1. The fourth-order valence-electron chi connectivity index (χ4n) is 2.38. The van der Waals surface area contributed by atoms with Crippen LogP contribution in [0, 0.1) is 6.92 Å². The molecule has 2 heterocycles. The summed E-state index contributed by atoms with van der Waals surface area (Å²) in [5, 5.41) is 4.22. The summed E-state index contributed by atoms with van der Waals surface area (Å²) < 4.78 is 6.48. The third-order valence-electron chi connectivity index (χ3n) is 3.56. The molecule has 1 amide bonds. The molecule has 0 unspecified atom stereocenters. The van der Waals surface area contributed by atoms with Gasteiger partial charge in [-0.25, -0.2) is 9.97 Å². The molecule has 0 atom stereocenters. The molecule has 3 rings (SSSR count). The van der Waals surface area contributed by atoms with Crippen LogP contribution in [-0.4, -0.2) is 33.2 Å². The molecule has 3 aromatic rings. The van der Waals surface area contributed by atoms with E-state index in [0.29, 0.717) is 11.7 Å². The van der Waals surface area contributed by atoms with E-state index in [9.17, 15) is 4.79 Å². The van der Waals surface area contributed by atoms with E-state index >= 15 is 0 Å². The fourth-order valence-corrected chi connectivity index (χ4v) is 4.03. The molecule has 0 aliphatic carbocycles. The van der Waals surface area contributed by atoms with Gasteiger partial charge in [-0.15, -0.1) is 12.4 Å². The fraction of sp³-hybridized carbons (Fsp3) is 0.353. The van der Waals surface area contributed by atoms with Crippen LogP contribution in [0.3, 0.4) is 0 Å². The Morgan fingerprint density at radius 1 is 1.35 bits per heavy atom. The van der Waals surface area contributed by atoms with Gasteiger partial charge < -0.3 is 15.0 Å². The van der Waals surface area contributed by atoms with E-state index in [2.05, 4.69) is 27.2 Å². The summed E-state index contributed by atoms with van der Waals surface area (Å²) >= 11 is 2.83. The van der Waals surface area contributed by atoms with Crippen LogP contribution < -0.4 is 10.1 Å². The van der Waals surface area contributed by atoms with Gasteiger partial charge in [0.2, 0.25) is 5.91 Å². The standard InChI is InChI=1S/C17H20N4O2S2.ClH/c1-4-12-10(3)18-16(19-12)24-9-15(22)21-17-20-13-7-6-11(23-5-2)8-14(13)25-17;/h6-8H,4-5,9H2,1-3H3,(H,18,19)(H,20,21,22);1H. The lowest BCUT2D eigenvalue weighted by Gasteiger charge is -2.00. The van der Waals surface area contributed by atoms with Gasteiger partial charge in [0.25, 0.3) is 0 Å². The van der Waals surface area contributed by atoms with E-state index in [0.717, 1.165) is 38.9 Å². The molecule has 0 spiro atoms. The lowest BCUT2D eigenvalue weighted by Crippen LogP contribution is -2.13. The first kappa shape index (κ1) is 20.5. The van der Waals surface area contributed by atoms with Crippen LogP contribution in [0.15, 0.2) is 23.4 Å². The minimum Gasteiger partial charge on any atom is -0.494 e. The van der Waals surface area contributed by atoms with Gasteiger partial charge in [0.1, 0.15) is 5.75 Å². The number of fused-ring (bicyclic) bond motifs is 1. The number of thiazole rings is 1. The second kappa shape index (κ2) is 9.25. The molecule has 140 valence electrons. The monoisotopic (exact) mass is 412 g/mol. The number of hydrogen-bond donors (Lipinski definition) is 2. The molecule has 0 saturated carbocycles. The predicted molar refractivity (Wildman–Crippen MR) is 110 cm³/mol. The smallest absolute Gasteiger partial charge is 0.236 e. The number of aromatic amines is 1. The Morgan fingerprint density at radius 2 is 2.15 bits per heavy atom. The van der Waals surface area contributed by atoms with Crippen LogP contribution in [0.2, 0.25) is 0 Å². The van der Waals surface area contributed by atoms with E-state index in [4.69, 9.17) is 4.74 Å². The number of nitrogens with zero attached hydrogens (tertiary/aromatic N) is 2. The highest BCUT2D eigenvalue weighted by molar-refractivity contribution is 7.99. The van der Waals surface area contributed by atoms with Gasteiger partial charge >= 0.3 is 0 Å². The van der Waals surface area contributed by atoms with E-state index in [1.165, 1.54) is 23.1 Å². The number of imidazole rings is 1. The number of H-pyrrole nitrogens is 1. The van der Waals surface area contributed by atoms with Gasteiger partial charge in [0.15, 0.2) is 10.3 Å². The highest BCUT2D eigenvalue weighted by Gasteiger charge is 2.11. The molecule has 6 nitrogen and oxygen atoms in total. The van der Waals surface area contributed by atoms with E-state index < -0.39 is 0 Å². The summed E-state index contributed by atoms with van der Waals surface area (Å²) in [6.45, 7) is 6.63. The predicted octanol–water partition coefficient (Wildman–Crippen LogP) is 4.44. The number of hydrogen-bond acceptors (Lipinski definition) is 6. The number of carbonyl (C=O) groups is 1. The molecule has 26 heavy (non-hydrogen) atoms. The van der Waals surface area contributed by atoms with Gasteiger partial charge in [0.05, 0.1) is 28.3 Å². The second-order valence-electron chi connectivity index (χ2n) is 5.39. The van der Waals surface area contributed by atoms with Gasteiger partial charge in [0, 0.05) is 5.69 Å². The lowest BCUT2D eigenvalue weighted by atomic mass is 10.3. The molecule has 0 bridgehead atoms. The molecule has 2 N–H and O–H groups in total. The quantitative estimate of drug-likeness (QED) is 0.560. The van der Waals surface area contributed by atoms with Crippen molar-refractivity contribution in [1.82, 2.24) is 15.0 Å². The van der Waals surface area contributed by atoms with Crippen molar-refractivity contribution in [2.24, 2.45) is 0 Å². The first-order valence-electron chi connectivity index (χ1n) is 8.10. The van der Waals surface area contributed by atoms with E-state index in [1.54, 1.807) is 0 Å². The third kappa shape index (κ3) is 4.90. The molecule has 0 saturated heterocycles. The summed E-state index contributed by atoms with van der Waals surface area (Å²) in [5.41, 5.74) is 2.95. The molecular weight excluding hydrogens is 392 g/mol. The van der Waals surface area contributed by atoms with Crippen molar-refractivity contribution in [3.63, 3.8) is 0 Å². The SMILES string of the molecule is CCOc1ccc2nc(NC(=O)CSc3nc(CC)c(C)[nH]3)sc2c1.Cl. The molecule has 0 aliphatic rings. The minimum absolute atomic E-state index is 0. The van der Waals surface area contributed by atoms with E-state index in [1.807, 2.05) is 32.0 Å². The molecule has 0 radical (unpaired) electrons. The van der Waals surface area contributed by atoms with Crippen molar-refractivity contribution in [3.8, 4) is 5.75 Å². The normalized spacial score (nSPS) is 10.6. The molecule has 2 aromatic heterocycles. The van der Waals surface area contributed by atoms with Crippen LogP contribution in [0.4, 0.5) is 5.13 Å². The lowest BCUT2D eigenvalue weighted by molar-refractivity contribution is -0.113. The molecular formula is C17H21ClN4O2S2. The summed E-state index contributed by atoms with van der Waals surface area (Å²) in [4.78, 5) is 24.3. The second-order valence-corrected chi connectivity index (χ2v) is 7.38. The first-order valence-corrected chi connectivity index (χ1v) is 9.90. The van der Waals surface area contributed by atoms with Crippen molar-refractivity contribution in [2.75, 3.05) is 17.7 Å². The number of aryl methyl sites for hydroxylation is 2. The first-order chi connectivity index (χ1) is 12.1. The summed E-state index contributed by atoms with van der Waals surface area (Å²) in [6.07, 6.45) is 0.879. The number of thioether (sulfide) groups is 1. The summed E-state index contributed by atoms with van der Waals surface area (Å²) in [7, 11) is 0. The van der Waals surface area contributed by atoms with Crippen LogP contribution in [0.25, 0.3) is 10.2 Å². The summed E-state index contributed by atoms with van der Waals surface area (Å²) in [6, 6.07) is 5.73.